The number of aromatic nitrogens is 2. The van der Waals surface area contributed by atoms with E-state index in [1.54, 1.807) is 55.8 Å². The number of hydrogen-bond acceptors (Lipinski definition) is 7. The van der Waals surface area contributed by atoms with Crippen molar-refractivity contribution in [1.29, 1.82) is 0 Å². The van der Waals surface area contributed by atoms with Gasteiger partial charge in [-0.05, 0) is 73.2 Å². The van der Waals surface area contributed by atoms with Gasteiger partial charge in [-0.2, -0.15) is 5.10 Å². The van der Waals surface area contributed by atoms with Gasteiger partial charge in [-0.15, -0.1) is 0 Å². The van der Waals surface area contributed by atoms with Crippen LogP contribution in [-0.2, 0) is 4.79 Å². The maximum Gasteiger partial charge on any atom is 0.266 e. The van der Waals surface area contributed by atoms with Crippen LogP contribution < -0.4 is 20.5 Å². The highest BCUT2D eigenvalue weighted by Gasteiger charge is 2.15. The molecule has 1 amide bonds. The Morgan fingerprint density at radius 1 is 1.06 bits per heavy atom. The van der Waals surface area contributed by atoms with Gasteiger partial charge in [0, 0.05) is 0 Å². The van der Waals surface area contributed by atoms with Crippen LogP contribution in [-0.4, -0.2) is 41.1 Å². The molecule has 1 heterocycles. The minimum absolute atomic E-state index is 0.0293. The van der Waals surface area contributed by atoms with Gasteiger partial charge >= 0.3 is 0 Å². The second kappa shape index (κ2) is 11.3. The van der Waals surface area contributed by atoms with Crippen LogP contribution in [0.3, 0.4) is 0 Å². The van der Waals surface area contributed by atoms with Crippen LogP contribution in [0.2, 0.25) is 0 Å². The van der Waals surface area contributed by atoms with Crippen molar-refractivity contribution < 1.29 is 14.3 Å². The molecule has 0 fully saturated rings. The summed E-state index contributed by atoms with van der Waals surface area (Å²) in [5.74, 6) is 1.16. The molecule has 4 aromatic rings. The number of nitrogens with zero attached hydrogens (tertiary/aromatic N) is 3. The van der Waals surface area contributed by atoms with Gasteiger partial charge in [-0.25, -0.2) is 10.4 Å². The number of carbonyl (C=O) groups is 1. The molecule has 0 radical (unpaired) electrons. The fourth-order valence-electron chi connectivity index (χ4n) is 3.33. The quantitative estimate of drug-likeness (QED) is 0.165. The minimum atomic E-state index is -0.319. The number of rotatable bonds is 9. The van der Waals surface area contributed by atoms with Gasteiger partial charge in [-0.1, -0.05) is 23.9 Å². The van der Waals surface area contributed by atoms with Crippen LogP contribution in [0.1, 0.15) is 12.5 Å². The molecule has 8 nitrogen and oxygen atoms in total. The third-order valence-corrected chi connectivity index (χ3v) is 5.94. The summed E-state index contributed by atoms with van der Waals surface area (Å²) >= 11 is 1.16. The predicted molar refractivity (Wildman–Crippen MR) is 138 cm³/mol. The van der Waals surface area contributed by atoms with Crippen molar-refractivity contribution >= 4 is 34.8 Å². The Morgan fingerprint density at radius 2 is 1.77 bits per heavy atom. The molecule has 0 bridgehead atoms. The molecular formula is C26H24N4O4S. The molecule has 0 aliphatic heterocycles. The Hall–Kier alpha value is -4.11. The zero-order chi connectivity index (χ0) is 24.6. The number of benzene rings is 3. The SMILES string of the molecule is CCOc1ccc(C=NNC(=O)CSc2nc3ccccc3c(=O)n2-c2ccc(OC)cc2)cc1. The lowest BCUT2D eigenvalue weighted by molar-refractivity contribution is -0.118. The van der Waals surface area contributed by atoms with Crippen LogP contribution in [0, 0.1) is 0 Å². The molecule has 0 atom stereocenters. The summed E-state index contributed by atoms with van der Waals surface area (Å²) in [5.41, 5.74) is 4.33. The number of nitrogens with one attached hydrogen (secondary N) is 1. The molecule has 0 aliphatic carbocycles. The van der Waals surface area contributed by atoms with Crippen LogP contribution in [0.25, 0.3) is 16.6 Å². The first-order valence-electron chi connectivity index (χ1n) is 10.9. The number of para-hydroxylation sites is 1. The molecule has 9 heteroatoms. The highest BCUT2D eigenvalue weighted by atomic mass is 32.2. The summed E-state index contributed by atoms with van der Waals surface area (Å²) in [6.45, 7) is 2.52. The number of amides is 1. The molecule has 1 aromatic heterocycles. The number of ether oxygens (including phenoxy) is 2. The largest absolute Gasteiger partial charge is 0.497 e. The first-order chi connectivity index (χ1) is 17.1. The average Bonchev–Trinajstić information content (AvgIpc) is 2.89. The third kappa shape index (κ3) is 5.88. The smallest absolute Gasteiger partial charge is 0.266 e. The summed E-state index contributed by atoms with van der Waals surface area (Å²) in [4.78, 5) is 30.4. The molecule has 1 N–H and O–H groups in total. The molecule has 0 saturated carbocycles. The van der Waals surface area contributed by atoms with Crippen LogP contribution in [0.5, 0.6) is 11.5 Å². The molecule has 3 aromatic carbocycles. The fraction of sp³-hybridized carbons (Fsp3) is 0.154. The van der Waals surface area contributed by atoms with Gasteiger partial charge in [0.2, 0.25) is 0 Å². The van der Waals surface area contributed by atoms with E-state index in [4.69, 9.17) is 9.47 Å². The van der Waals surface area contributed by atoms with Gasteiger partial charge < -0.3 is 9.47 Å². The van der Waals surface area contributed by atoms with E-state index in [9.17, 15) is 9.59 Å². The fourth-order valence-corrected chi connectivity index (χ4v) is 4.13. The first-order valence-corrected chi connectivity index (χ1v) is 11.9. The maximum atomic E-state index is 13.3. The monoisotopic (exact) mass is 488 g/mol. The Balaban J connectivity index is 1.50. The zero-order valence-corrected chi connectivity index (χ0v) is 20.1. The number of hydrogen-bond donors (Lipinski definition) is 1. The van der Waals surface area contributed by atoms with E-state index in [0.29, 0.717) is 34.1 Å². The Bertz CT molecular complexity index is 1400. The van der Waals surface area contributed by atoms with Crippen molar-refractivity contribution in [1.82, 2.24) is 15.0 Å². The van der Waals surface area contributed by atoms with Crippen LogP contribution in [0.4, 0.5) is 0 Å². The van der Waals surface area contributed by atoms with E-state index >= 15 is 0 Å². The lowest BCUT2D eigenvalue weighted by atomic mass is 10.2. The van der Waals surface area contributed by atoms with Gasteiger partial charge in [0.05, 0.1) is 42.3 Å². The van der Waals surface area contributed by atoms with Crippen molar-refractivity contribution in [2.24, 2.45) is 5.10 Å². The molecule has 0 spiro atoms. The molecular weight excluding hydrogens is 464 g/mol. The highest BCUT2D eigenvalue weighted by Crippen LogP contribution is 2.22. The van der Waals surface area contributed by atoms with Crippen LogP contribution >= 0.6 is 11.8 Å². The molecule has 4 rings (SSSR count). The summed E-state index contributed by atoms with van der Waals surface area (Å²) in [7, 11) is 1.58. The minimum Gasteiger partial charge on any atom is -0.497 e. The molecule has 178 valence electrons. The topological polar surface area (TPSA) is 94.8 Å². The number of fused-ring (bicyclic) bond motifs is 1. The van der Waals surface area contributed by atoms with Gasteiger partial charge in [-0.3, -0.25) is 14.2 Å². The van der Waals surface area contributed by atoms with E-state index < -0.39 is 0 Å². The lowest BCUT2D eigenvalue weighted by Crippen LogP contribution is -2.24. The average molecular weight is 489 g/mol. The van der Waals surface area contributed by atoms with E-state index in [-0.39, 0.29) is 17.2 Å². The predicted octanol–water partition coefficient (Wildman–Crippen LogP) is 4.04. The Morgan fingerprint density at radius 3 is 2.49 bits per heavy atom. The summed E-state index contributed by atoms with van der Waals surface area (Å²) < 4.78 is 12.1. The summed E-state index contributed by atoms with van der Waals surface area (Å²) in [5, 5.41) is 4.92. The number of hydrazone groups is 1. The van der Waals surface area contributed by atoms with E-state index in [1.807, 2.05) is 37.3 Å². The van der Waals surface area contributed by atoms with Crippen molar-refractivity contribution in [3.8, 4) is 17.2 Å². The molecule has 0 saturated heterocycles. The standard InChI is InChI=1S/C26H24N4O4S/c1-3-34-21-12-8-18(9-13-21)16-27-29-24(31)17-35-26-28-23-7-5-4-6-22(23)25(32)30(26)19-10-14-20(33-2)15-11-19/h4-16H,3,17H2,1-2H3,(H,29,31). The highest BCUT2D eigenvalue weighted by molar-refractivity contribution is 7.99. The molecule has 35 heavy (non-hydrogen) atoms. The maximum absolute atomic E-state index is 13.3. The molecule has 0 unspecified atom stereocenters. The summed E-state index contributed by atoms with van der Waals surface area (Å²) in [6.07, 6.45) is 1.56. The van der Waals surface area contributed by atoms with Gasteiger partial charge in [0.1, 0.15) is 11.5 Å². The van der Waals surface area contributed by atoms with Crippen LogP contribution in [0.15, 0.2) is 87.8 Å². The lowest BCUT2D eigenvalue weighted by Gasteiger charge is -2.13. The van der Waals surface area contributed by atoms with Gasteiger partial charge in [0.15, 0.2) is 5.16 Å². The number of carbonyl (C=O) groups excluding carboxylic acids is 1. The number of thioether (sulfide) groups is 1. The second-order valence-electron chi connectivity index (χ2n) is 7.33. The van der Waals surface area contributed by atoms with Crippen molar-refractivity contribution in [2.75, 3.05) is 19.5 Å². The zero-order valence-electron chi connectivity index (χ0n) is 19.3. The first kappa shape index (κ1) is 24.0. The Labute approximate surface area is 206 Å². The van der Waals surface area contributed by atoms with E-state index in [0.717, 1.165) is 23.1 Å². The van der Waals surface area contributed by atoms with Crippen molar-refractivity contribution in [2.45, 2.75) is 12.1 Å². The second-order valence-corrected chi connectivity index (χ2v) is 8.28. The number of methoxy groups -OCH3 is 1. The van der Waals surface area contributed by atoms with E-state index in [1.165, 1.54) is 4.57 Å². The van der Waals surface area contributed by atoms with Crippen molar-refractivity contribution in [3.05, 3.63) is 88.7 Å². The Kier molecular flexibility index (Phi) is 7.79. The normalized spacial score (nSPS) is 11.0. The van der Waals surface area contributed by atoms with Crippen molar-refractivity contribution in [3.63, 3.8) is 0 Å². The van der Waals surface area contributed by atoms with Gasteiger partial charge in [0.25, 0.3) is 11.5 Å². The van der Waals surface area contributed by atoms with E-state index in [2.05, 4.69) is 15.5 Å². The molecule has 0 aliphatic rings. The summed E-state index contributed by atoms with van der Waals surface area (Å²) in [6, 6.07) is 21.6. The third-order valence-electron chi connectivity index (χ3n) is 5.00.